The van der Waals surface area contributed by atoms with Gasteiger partial charge in [0.2, 0.25) is 0 Å². The van der Waals surface area contributed by atoms with Crippen LogP contribution in [-0.4, -0.2) is 61.4 Å². The number of hydrogen-bond acceptors (Lipinski definition) is 6. The first-order valence-corrected chi connectivity index (χ1v) is 8.20. The van der Waals surface area contributed by atoms with Gasteiger partial charge in [-0.1, -0.05) is 26.2 Å². The zero-order valence-electron chi connectivity index (χ0n) is 13.9. The number of aliphatic hydroxyl groups is 2. The highest BCUT2D eigenvalue weighted by atomic mass is 16.6. The lowest BCUT2D eigenvalue weighted by Gasteiger charge is -2.13. The third-order valence-corrected chi connectivity index (χ3v) is 3.05. The highest BCUT2D eigenvalue weighted by Gasteiger charge is 2.11. The van der Waals surface area contributed by atoms with Crippen LogP contribution in [-0.2, 0) is 9.47 Å². The second-order valence-corrected chi connectivity index (χ2v) is 5.15. The molecule has 0 aliphatic rings. The van der Waals surface area contributed by atoms with Gasteiger partial charge in [0.1, 0.15) is 6.10 Å². The topological polar surface area (TPSA) is 117 Å². The molecule has 4 N–H and O–H groups in total. The van der Waals surface area contributed by atoms with Crippen LogP contribution in [0.25, 0.3) is 0 Å². The molecule has 0 fully saturated rings. The van der Waals surface area contributed by atoms with Crippen molar-refractivity contribution in [3.8, 4) is 0 Å². The van der Waals surface area contributed by atoms with Crippen LogP contribution in [0, 0.1) is 0 Å². The van der Waals surface area contributed by atoms with Crippen LogP contribution < -0.4 is 10.6 Å². The summed E-state index contributed by atoms with van der Waals surface area (Å²) < 4.78 is 9.71. The molecule has 0 saturated carbocycles. The van der Waals surface area contributed by atoms with Gasteiger partial charge in [-0.05, 0) is 19.3 Å². The maximum absolute atomic E-state index is 11.3. The Morgan fingerprint density at radius 1 is 0.913 bits per heavy atom. The largest absolute Gasteiger partial charge is 0.450 e. The molecule has 8 heteroatoms. The van der Waals surface area contributed by atoms with Gasteiger partial charge in [-0.3, -0.25) is 0 Å². The number of nitrogens with one attached hydrogen (secondary N) is 2. The summed E-state index contributed by atoms with van der Waals surface area (Å²) >= 11 is 0. The van der Waals surface area contributed by atoms with Crippen molar-refractivity contribution in [1.82, 2.24) is 10.6 Å². The monoisotopic (exact) mass is 334 g/mol. The van der Waals surface area contributed by atoms with E-state index in [1.54, 1.807) is 0 Å². The van der Waals surface area contributed by atoms with Crippen molar-refractivity contribution in [2.24, 2.45) is 0 Å². The molecule has 23 heavy (non-hydrogen) atoms. The van der Waals surface area contributed by atoms with E-state index >= 15 is 0 Å². The minimum absolute atomic E-state index is 0.370. The van der Waals surface area contributed by atoms with Crippen molar-refractivity contribution in [1.29, 1.82) is 0 Å². The summed E-state index contributed by atoms with van der Waals surface area (Å²) in [6, 6.07) is 0. The van der Waals surface area contributed by atoms with Crippen molar-refractivity contribution in [3.05, 3.63) is 0 Å². The van der Waals surface area contributed by atoms with Gasteiger partial charge in [0.25, 0.3) is 0 Å². The Labute approximate surface area is 137 Å². The lowest BCUT2D eigenvalue weighted by atomic mass is 10.2. The third-order valence-electron chi connectivity index (χ3n) is 3.05. The lowest BCUT2D eigenvalue weighted by molar-refractivity contribution is 0.0223. The molecule has 0 aliphatic heterocycles. The molecule has 136 valence electrons. The highest BCUT2D eigenvalue weighted by Crippen LogP contribution is 1.99. The molecular formula is C15H30N2O6. The molecule has 0 aromatic heterocycles. The SMILES string of the molecule is CCCCOC(=O)NCCCCCCNC(=O)OC(CO)CO. The second-order valence-electron chi connectivity index (χ2n) is 5.15. The maximum atomic E-state index is 11.3. The average molecular weight is 334 g/mol. The van der Waals surface area contributed by atoms with Crippen LogP contribution >= 0.6 is 0 Å². The minimum Gasteiger partial charge on any atom is -0.450 e. The van der Waals surface area contributed by atoms with E-state index in [-0.39, 0.29) is 6.09 Å². The predicted molar refractivity (Wildman–Crippen MR) is 85.2 cm³/mol. The van der Waals surface area contributed by atoms with E-state index in [1.807, 2.05) is 6.92 Å². The van der Waals surface area contributed by atoms with Crippen molar-refractivity contribution in [3.63, 3.8) is 0 Å². The molecule has 0 unspecified atom stereocenters. The molecule has 2 amide bonds. The van der Waals surface area contributed by atoms with Crippen molar-refractivity contribution in [2.45, 2.75) is 51.6 Å². The Morgan fingerprint density at radius 2 is 1.48 bits per heavy atom. The minimum atomic E-state index is -0.877. The molecule has 0 saturated heterocycles. The van der Waals surface area contributed by atoms with Crippen molar-refractivity contribution in [2.75, 3.05) is 32.9 Å². The third kappa shape index (κ3) is 13.8. The summed E-state index contributed by atoms with van der Waals surface area (Å²) in [7, 11) is 0. The summed E-state index contributed by atoms with van der Waals surface area (Å²) in [6.45, 7) is 2.73. The van der Waals surface area contributed by atoms with Crippen LogP contribution in [0.2, 0.25) is 0 Å². The first-order chi connectivity index (χ1) is 11.1. The van der Waals surface area contributed by atoms with Crippen LogP contribution in [0.3, 0.4) is 0 Å². The summed E-state index contributed by atoms with van der Waals surface area (Å²) in [6.07, 6.45) is 3.47. The van der Waals surface area contributed by atoms with E-state index in [0.29, 0.717) is 19.7 Å². The molecule has 0 spiro atoms. The van der Waals surface area contributed by atoms with Gasteiger partial charge in [0.15, 0.2) is 0 Å². The first kappa shape index (κ1) is 21.5. The molecule has 0 rings (SSSR count). The fraction of sp³-hybridized carbons (Fsp3) is 0.867. The van der Waals surface area contributed by atoms with Gasteiger partial charge in [-0.15, -0.1) is 0 Å². The second kappa shape index (κ2) is 15.4. The van der Waals surface area contributed by atoms with Gasteiger partial charge in [-0.25, -0.2) is 9.59 Å². The summed E-state index contributed by atoms with van der Waals surface area (Å²) in [5.41, 5.74) is 0. The summed E-state index contributed by atoms with van der Waals surface area (Å²) in [5, 5.41) is 22.8. The highest BCUT2D eigenvalue weighted by molar-refractivity contribution is 5.67. The summed E-state index contributed by atoms with van der Waals surface area (Å²) in [5.74, 6) is 0. The Hall–Kier alpha value is -1.54. The Kier molecular flexibility index (Phi) is 14.3. The average Bonchev–Trinajstić information content (AvgIpc) is 2.55. The van der Waals surface area contributed by atoms with E-state index in [2.05, 4.69) is 10.6 Å². The number of ether oxygens (including phenoxy) is 2. The Balaban J connectivity index is 3.36. The number of aliphatic hydroxyl groups excluding tert-OH is 2. The lowest BCUT2D eigenvalue weighted by Crippen LogP contribution is -2.33. The number of carbonyl (C=O) groups excluding carboxylic acids is 2. The first-order valence-electron chi connectivity index (χ1n) is 8.20. The van der Waals surface area contributed by atoms with Gasteiger partial charge in [0, 0.05) is 13.1 Å². The molecule has 0 atom stereocenters. The molecule has 0 aliphatic carbocycles. The zero-order valence-corrected chi connectivity index (χ0v) is 13.9. The smallest absolute Gasteiger partial charge is 0.407 e. The van der Waals surface area contributed by atoms with E-state index in [0.717, 1.165) is 38.5 Å². The van der Waals surface area contributed by atoms with Crippen molar-refractivity contribution >= 4 is 12.2 Å². The van der Waals surface area contributed by atoms with E-state index < -0.39 is 25.4 Å². The number of hydrogen-bond donors (Lipinski definition) is 4. The normalized spacial score (nSPS) is 10.4. The molecule has 0 heterocycles. The molecular weight excluding hydrogens is 304 g/mol. The van der Waals surface area contributed by atoms with E-state index in [1.165, 1.54) is 0 Å². The quantitative estimate of drug-likeness (QED) is 0.375. The maximum Gasteiger partial charge on any atom is 0.407 e. The van der Waals surface area contributed by atoms with Gasteiger partial charge < -0.3 is 30.3 Å². The molecule has 0 aromatic rings. The number of unbranched alkanes of at least 4 members (excludes halogenated alkanes) is 4. The molecule has 8 nitrogen and oxygen atoms in total. The van der Waals surface area contributed by atoms with E-state index in [4.69, 9.17) is 19.7 Å². The van der Waals surface area contributed by atoms with Gasteiger partial charge >= 0.3 is 12.2 Å². The van der Waals surface area contributed by atoms with Gasteiger partial charge in [-0.2, -0.15) is 0 Å². The molecule has 0 radical (unpaired) electrons. The van der Waals surface area contributed by atoms with Crippen LogP contribution in [0.4, 0.5) is 9.59 Å². The fourth-order valence-corrected chi connectivity index (χ4v) is 1.67. The van der Waals surface area contributed by atoms with Crippen LogP contribution in [0.5, 0.6) is 0 Å². The number of carbonyl (C=O) groups is 2. The number of amides is 2. The van der Waals surface area contributed by atoms with E-state index in [9.17, 15) is 9.59 Å². The zero-order chi connectivity index (χ0) is 17.3. The molecule has 0 aromatic carbocycles. The van der Waals surface area contributed by atoms with Crippen LogP contribution in [0.1, 0.15) is 45.4 Å². The van der Waals surface area contributed by atoms with Gasteiger partial charge in [0.05, 0.1) is 19.8 Å². The molecule has 0 bridgehead atoms. The van der Waals surface area contributed by atoms with Crippen molar-refractivity contribution < 1.29 is 29.3 Å². The fourth-order valence-electron chi connectivity index (χ4n) is 1.67. The standard InChI is InChI=1S/C15H30N2O6/c1-2-3-10-22-14(20)16-8-6-4-5-7-9-17-15(21)23-13(11-18)12-19/h13,18-19H,2-12H2,1H3,(H,16,20)(H,17,21). The Morgan fingerprint density at radius 3 is 2.00 bits per heavy atom. The number of alkyl carbamates (subject to hydrolysis) is 2. The van der Waals surface area contributed by atoms with Crippen LogP contribution in [0.15, 0.2) is 0 Å². The number of rotatable bonds is 13. The summed E-state index contributed by atoms with van der Waals surface area (Å²) in [4.78, 5) is 22.5. The Bertz CT molecular complexity index is 310. The predicted octanol–water partition coefficient (Wildman–Crippen LogP) is 1.15.